The maximum absolute atomic E-state index is 13.2. The molecule has 1 aromatic carbocycles. The highest BCUT2D eigenvalue weighted by molar-refractivity contribution is 5.89. The monoisotopic (exact) mass is 394 g/mol. The van der Waals surface area contributed by atoms with E-state index in [0.29, 0.717) is 24.5 Å². The minimum absolute atomic E-state index is 0.291. The van der Waals surface area contributed by atoms with Gasteiger partial charge in [0.15, 0.2) is 5.82 Å². The van der Waals surface area contributed by atoms with E-state index in [4.69, 9.17) is 4.74 Å². The van der Waals surface area contributed by atoms with Crippen LogP contribution < -0.4 is 10.6 Å². The minimum Gasteiger partial charge on any atom is -0.378 e. The summed E-state index contributed by atoms with van der Waals surface area (Å²) in [7, 11) is 0. The molecule has 2 atom stereocenters. The van der Waals surface area contributed by atoms with Gasteiger partial charge in [-0.2, -0.15) is 13.2 Å². The van der Waals surface area contributed by atoms with E-state index in [1.807, 2.05) is 12.2 Å². The molecule has 0 aliphatic carbocycles. The molecule has 1 saturated heterocycles. The number of alkyl halides is 3. The Hall–Kier alpha value is -2.68. The van der Waals surface area contributed by atoms with Gasteiger partial charge >= 0.3 is 12.2 Å². The standard InChI is InChI=1S/C19H21F3N4O2/c1-12-8-9-23-17(24-12)13-4-6-14(7-5-13)25-18(27)26-16(19(20,21)22)11-15-3-2-10-28-15/h4-9,15-16H,2-3,10-11H2,1H3,(H2,25,26,27). The summed E-state index contributed by atoms with van der Waals surface area (Å²) in [5.41, 5.74) is 1.92. The van der Waals surface area contributed by atoms with Crippen LogP contribution in [-0.2, 0) is 4.74 Å². The van der Waals surface area contributed by atoms with Crippen molar-refractivity contribution in [3.63, 3.8) is 0 Å². The number of ether oxygens (including phenoxy) is 1. The van der Waals surface area contributed by atoms with Crippen LogP contribution in [0.2, 0.25) is 0 Å². The highest BCUT2D eigenvalue weighted by Crippen LogP contribution is 2.27. The van der Waals surface area contributed by atoms with E-state index < -0.39 is 24.4 Å². The second-order valence-corrected chi connectivity index (χ2v) is 6.66. The van der Waals surface area contributed by atoms with Gasteiger partial charge in [0.25, 0.3) is 0 Å². The molecule has 1 aromatic heterocycles. The highest BCUT2D eigenvalue weighted by Gasteiger charge is 2.42. The van der Waals surface area contributed by atoms with Crippen molar-refractivity contribution in [1.82, 2.24) is 15.3 Å². The smallest absolute Gasteiger partial charge is 0.378 e. The number of aryl methyl sites for hydroxylation is 1. The molecule has 2 heterocycles. The molecule has 0 spiro atoms. The van der Waals surface area contributed by atoms with E-state index in [0.717, 1.165) is 17.7 Å². The predicted octanol–water partition coefficient (Wildman–Crippen LogP) is 4.07. The summed E-state index contributed by atoms with van der Waals surface area (Å²) >= 11 is 0. The Bertz CT molecular complexity index is 806. The molecule has 2 unspecified atom stereocenters. The minimum atomic E-state index is -4.55. The Labute approximate surface area is 160 Å². The van der Waals surface area contributed by atoms with Crippen LogP contribution >= 0.6 is 0 Å². The van der Waals surface area contributed by atoms with Crippen LogP contribution in [0.1, 0.15) is 25.0 Å². The molecule has 150 valence electrons. The summed E-state index contributed by atoms with van der Waals surface area (Å²) in [6.07, 6.45) is -2.38. The number of nitrogens with one attached hydrogen (secondary N) is 2. The summed E-state index contributed by atoms with van der Waals surface area (Å²) in [6.45, 7) is 2.30. The van der Waals surface area contributed by atoms with E-state index in [2.05, 4.69) is 15.3 Å². The number of hydrogen-bond donors (Lipinski definition) is 2. The Morgan fingerprint density at radius 2 is 2.04 bits per heavy atom. The van der Waals surface area contributed by atoms with Crippen LogP contribution in [-0.4, -0.2) is 40.9 Å². The fourth-order valence-electron chi connectivity index (χ4n) is 2.98. The van der Waals surface area contributed by atoms with Crippen molar-refractivity contribution < 1.29 is 22.7 Å². The normalized spacial score (nSPS) is 17.9. The topological polar surface area (TPSA) is 76.1 Å². The molecule has 1 aliphatic rings. The van der Waals surface area contributed by atoms with Crippen LogP contribution in [0.3, 0.4) is 0 Å². The lowest BCUT2D eigenvalue weighted by Gasteiger charge is -2.24. The predicted molar refractivity (Wildman–Crippen MR) is 97.8 cm³/mol. The maximum Gasteiger partial charge on any atom is 0.408 e. The third-order valence-corrected chi connectivity index (χ3v) is 4.42. The first kappa shape index (κ1) is 20.1. The molecule has 2 aromatic rings. The van der Waals surface area contributed by atoms with Gasteiger partial charge in [0.1, 0.15) is 6.04 Å². The van der Waals surface area contributed by atoms with Crippen molar-refractivity contribution in [3.8, 4) is 11.4 Å². The molecule has 0 radical (unpaired) electrons. The van der Waals surface area contributed by atoms with Crippen molar-refractivity contribution in [1.29, 1.82) is 0 Å². The third kappa shape index (κ3) is 5.41. The SMILES string of the molecule is Cc1ccnc(-c2ccc(NC(=O)NC(CC3CCCO3)C(F)(F)F)cc2)n1. The van der Waals surface area contributed by atoms with Crippen LogP contribution in [0.25, 0.3) is 11.4 Å². The van der Waals surface area contributed by atoms with E-state index >= 15 is 0 Å². The number of urea groups is 1. The fourth-order valence-corrected chi connectivity index (χ4v) is 2.98. The van der Waals surface area contributed by atoms with Crippen LogP contribution in [0.5, 0.6) is 0 Å². The average molecular weight is 394 g/mol. The second kappa shape index (κ2) is 8.55. The Morgan fingerprint density at radius 3 is 2.64 bits per heavy atom. The second-order valence-electron chi connectivity index (χ2n) is 6.66. The maximum atomic E-state index is 13.2. The summed E-state index contributed by atoms with van der Waals surface area (Å²) in [5.74, 6) is 0.532. The van der Waals surface area contributed by atoms with Crippen LogP contribution in [0.15, 0.2) is 36.5 Å². The first-order chi connectivity index (χ1) is 13.3. The summed E-state index contributed by atoms with van der Waals surface area (Å²) in [5, 5.41) is 4.43. The molecule has 6 nitrogen and oxygen atoms in total. The zero-order chi connectivity index (χ0) is 20.1. The van der Waals surface area contributed by atoms with Crippen molar-refractivity contribution in [2.75, 3.05) is 11.9 Å². The van der Waals surface area contributed by atoms with Crippen LogP contribution in [0.4, 0.5) is 23.7 Å². The van der Waals surface area contributed by atoms with Gasteiger partial charge in [0.05, 0.1) is 6.10 Å². The first-order valence-corrected chi connectivity index (χ1v) is 8.97. The highest BCUT2D eigenvalue weighted by atomic mass is 19.4. The van der Waals surface area contributed by atoms with E-state index in [1.165, 1.54) is 0 Å². The van der Waals surface area contributed by atoms with E-state index in [1.54, 1.807) is 36.5 Å². The number of aromatic nitrogens is 2. The molecule has 3 rings (SSSR count). The van der Waals surface area contributed by atoms with Crippen molar-refractivity contribution in [2.45, 2.75) is 44.5 Å². The number of nitrogens with zero attached hydrogens (tertiary/aromatic N) is 2. The van der Waals surface area contributed by atoms with E-state index in [9.17, 15) is 18.0 Å². The summed E-state index contributed by atoms with van der Waals surface area (Å²) in [6, 6.07) is 5.45. The Balaban J connectivity index is 1.61. The zero-order valence-corrected chi connectivity index (χ0v) is 15.3. The van der Waals surface area contributed by atoms with Gasteiger partial charge in [-0.3, -0.25) is 0 Å². The molecule has 9 heteroatoms. The number of anilines is 1. The van der Waals surface area contributed by atoms with Gasteiger partial charge < -0.3 is 15.4 Å². The summed E-state index contributed by atoms with van der Waals surface area (Å²) in [4.78, 5) is 20.5. The molecule has 0 bridgehead atoms. The lowest BCUT2D eigenvalue weighted by Crippen LogP contribution is -2.48. The zero-order valence-electron chi connectivity index (χ0n) is 15.3. The molecule has 2 amide bonds. The molecule has 28 heavy (non-hydrogen) atoms. The Morgan fingerprint density at radius 1 is 1.29 bits per heavy atom. The molecule has 1 fully saturated rings. The molecular weight excluding hydrogens is 373 g/mol. The van der Waals surface area contributed by atoms with Gasteiger partial charge in [0, 0.05) is 36.2 Å². The number of carbonyl (C=O) groups is 1. The molecular formula is C19H21F3N4O2. The van der Waals surface area contributed by atoms with E-state index in [-0.39, 0.29) is 6.42 Å². The van der Waals surface area contributed by atoms with Gasteiger partial charge in [-0.25, -0.2) is 14.8 Å². The number of rotatable bonds is 5. The van der Waals surface area contributed by atoms with Gasteiger partial charge in [0.2, 0.25) is 0 Å². The average Bonchev–Trinajstić information content (AvgIpc) is 3.14. The molecule has 0 saturated carbocycles. The van der Waals surface area contributed by atoms with Gasteiger partial charge in [-0.05, 0) is 50.1 Å². The molecule has 1 aliphatic heterocycles. The number of benzene rings is 1. The first-order valence-electron chi connectivity index (χ1n) is 8.97. The largest absolute Gasteiger partial charge is 0.408 e. The fraction of sp³-hybridized carbons (Fsp3) is 0.421. The lowest BCUT2D eigenvalue weighted by atomic mass is 10.1. The van der Waals surface area contributed by atoms with Gasteiger partial charge in [-0.15, -0.1) is 0 Å². The molecule has 2 N–H and O–H groups in total. The Kier molecular flexibility index (Phi) is 6.13. The van der Waals surface area contributed by atoms with Gasteiger partial charge in [-0.1, -0.05) is 0 Å². The van der Waals surface area contributed by atoms with Crippen molar-refractivity contribution >= 4 is 11.7 Å². The van der Waals surface area contributed by atoms with Crippen LogP contribution in [0, 0.1) is 6.92 Å². The quantitative estimate of drug-likeness (QED) is 0.802. The van der Waals surface area contributed by atoms with Crippen molar-refractivity contribution in [3.05, 3.63) is 42.2 Å². The summed E-state index contributed by atoms with van der Waals surface area (Å²) < 4.78 is 45.0. The van der Waals surface area contributed by atoms with Crippen molar-refractivity contribution in [2.24, 2.45) is 0 Å². The lowest BCUT2D eigenvalue weighted by molar-refractivity contribution is -0.159. The number of amides is 2. The number of carbonyl (C=O) groups excluding carboxylic acids is 1. The third-order valence-electron chi connectivity index (χ3n) is 4.42. The number of hydrogen-bond acceptors (Lipinski definition) is 4. The number of halogens is 3.